The van der Waals surface area contributed by atoms with Crippen molar-refractivity contribution in [2.75, 3.05) is 16.0 Å². The number of anilines is 3. The first kappa shape index (κ1) is 17.2. The number of nitrogens with one attached hydrogen (secondary N) is 3. The molecule has 26 heavy (non-hydrogen) atoms. The topological polar surface area (TPSA) is 109 Å². The lowest BCUT2D eigenvalue weighted by molar-refractivity contribution is -0.114. The molecule has 0 fully saturated rings. The summed E-state index contributed by atoms with van der Waals surface area (Å²) in [6.07, 6.45) is 4.46. The molecule has 8 heteroatoms. The monoisotopic (exact) mass is 351 g/mol. The number of hydrogen-bond donors (Lipinski definition) is 3. The number of rotatable bonds is 6. The Balaban J connectivity index is 1.60. The highest BCUT2D eigenvalue weighted by molar-refractivity contribution is 6.04. The van der Waals surface area contributed by atoms with Crippen LogP contribution in [0.5, 0.6) is 0 Å². The van der Waals surface area contributed by atoms with Gasteiger partial charge in [0.1, 0.15) is 5.76 Å². The van der Waals surface area contributed by atoms with Crippen LogP contribution in [0.2, 0.25) is 0 Å². The van der Waals surface area contributed by atoms with E-state index in [-0.39, 0.29) is 11.8 Å². The Labute approximate surface area is 149 Å². The van der Waals surface area contributed by atoms with E-state index < -0.39 is 0 Å². The van der Waals surface area contributed by atoms with Crippen LogP contribution in [0.25, 0.3) is 0 Å². The fraction of sp³-hybridized carbons (Fsp3) is 0.111. The molecule has 0 saturated heterocycles. The minimum absolute atomic E-state index is 0.181. The molecule has 1 aromatic carbocycles. The average Bonchev–Trinajstić information content (AvgIpc) is 3.14. The van der Waals surface area contributed by atoms with Crippen molar-refractivity contribution in [2.45, 2.75) is 13.5 Å². The maximum absolute atomic E-state index is 12.3. The number of benzene rings is 1. The van der Waals surface area contributed by atoms with E-state index in [1.54, 1.807) is 36.6 Å². The molecule has 2 heterocycles. The van der Waals surface area contributed by atoms with Crippen LogP contribution in [-0.2, 0) is 11.3 Å². The number of nitrogens with zero attached hydrogens (tertiary/aromatic N) is 2. The van der Waals surface area contributed by atoms with E-state index in [1.165, 1.54) is 19.3 Å². The Hall–Kier alpha value is -3.68. The molecule has 0 aliphatic carbocycles. The first-order valence-corrected chi connectivity index (χ1v) is 7.87. The Bertz CT molecular complexity index is 891. The molecule has 0 aliphatic heterocycles. The maximum atomic E-state index is 12.3. The quantitative estimate of drug-likeness (QED) is 0.630. The van der Waals surface area contributed by atoms with E-state index in [2.05, 4.69) is 25.9 Å². The number of aromatic nitrogens is 2. The standard InChI is InChI=1S/C18H17N5O3/c1-12(24)22-14-4-2-5-15(8-14)23-17(25)13-9-19-18(20-10-13)21-11-16-6-3-7-26-16/h2-10H,11H2,1H3,(H,22,24)(H,23,25)(H,19,20,21). The first-order chi connectivity index (χ1) is 12.6. The Morgan fingerprint density at radius 1 is 1.04 bits per heavy atom. The van der Waals surface area contributed by atoms with Crippen molar-refractivity contribution in [3.8, 4) is 0 Å². The number of carbonyl (C=O) groups excluding carboxylic acids is 2. The number of furan rings is 1. The van der Waals surface area contributed by atoms with Gasteiger partial charge in [0.05, 0.1) is 18.4 Å². The van der Waals surface area contributed by atoms with Crippen LogP contribution in [0.3, 0.4) is 0 Å². The molecular formula is C18H17N5O3. The second-order valence-electron chi connectivity index (χ2n) is 5.44. The number of hydrogen-bond acceptors (Lipinski definition) is 6. The van der Waals surface area contributed by atoms with Crippen LogP contribution < -0.4 is 16.0 Å². The van der Waals surface area contributed by atoms with E-state index in [9.17, 15) is 9.59 Å². The molecule has 0 unspecified atom stereocenters. The van der Waals surface area contributed by atoms with Gasteiger partial charge in [0.25, 0.3) is 5.91 Å². The molecule has 2 aromatic heterocycles. The molecule has 132 valence electrons. The third kappa shape index (κ3) is 4.67. The van der Waals surface area contributed by atoms with Gasteiger partial charge in [-0.25, -0.2) is 9.97 Å². The van der Waals surface area contributed by atoms with Gasteiger partial charge in [0.2, 0.25) is 11.9 Å². The summed E-state index contributed by atoms with van der Waals surface area (Å²) < 4.78 is 5.21. The SMILES string of the molecule is CC(=O)Nc1cccc(NC(=O)c2cnc(NCc3ccco3)nc2)c1. The lowest BCUT2D eigenvalue weighted by atomic mass is 10.2. The molecule has 8 nitrogen and oxygen atoms in total. The second kappa shape index (κ2) is 7.93. The molecule has 2 amide bonds. The van der Waals surface area contributed by atoms with Crippen LogP contribution >= 0.6 is 0 Å². The smallest absolute Gasteiger partial charge is 0.258 e. The fourth-order valence-corrected chi connectivity index (χ4v) is 2.20. The van der Waals surface area contributed by atoms with Crippen LogP contribution in [0.4, 0.5) is 17.3 Å². The minimum Gasteiger partial charge on any atom is -0.467 e. The molecule has 3 N–H and O–H groups in total. The second-order valence-corrected chi connectivity index (χ2v) is 5.44. The predicted octanol–water partition coefficient (Wildman–Crippen LogP) is 2.89. The molecule has 0 radical (unpaired) electrons. The number of amides is 2. The van der Waals surface area contributed by atoms with E-state index >= 15 is 0 Å². The summed E-state index contributed by atoms with van der Waals surface area (Å²) >= 11 is 0. The predicted molar refractivity (Wildman–Crippen MR) is 96.8 cm³/mol. The van der Waals surface area contributed by atoms with Gasteiger partial charge < -0.3 is 20.4 Å². The van der Waals surface area contributed by atoms with Gasteiger partial charge in [-0.05, 0) is 30.3 Å². The summed E-state index contributed by atoms with van der Waals surface area (Å²) in [6, 6.07) is 10.5. The van der Waals surface area contributed by atoms with Crippen molar-refractivity contribution in [1.29, 1.82) is 0 Å². The summed E-state index contributed by atoms with van der Waals surface area (Å²) in [5.41, 5.74) is 1.48. The Morgan fingerprint density at radius 2 is 1.77 bits per heavy atom. The zero-order valence-corrected chi connectivity index (χ0v) is 14.0. The van der Waals surface area contributed by atoms with Crippen LogP contribution in [0.1, 0.15) is 23.0 Å². The summed E-state index contributed by atoms with van der Waals surface area (Å²) in [5.74, 6) is 0.627. The third-order valence-electron chi connectivity index (χ3n) is 3.36. The molecular weight excluding hydrogens is 334 g/mol. The van der Waals surface area contributed by atoms with Gasteiger partial charge >= 0.3 is 0 Å². The van der Waals surface area contributed by atoms with Crippen molar-refractivity contribution in [2.24, 2.45) is 0 Å². The highest BCUT2D eigenvalue weighted by atomic mass is 16.3. The van der Waals surface area contributed by atoms with Gasteiger partial charge in [0, 0.05) is 30.7 Å². The number of carbonyl (C=O) groups is 2. The van der Waals surface area contributed by atoms with Crippen LogP contribution in [0, 0.1) is 0 Å². The van der Waals surface area contributed by atoms with Gasteiger partial charge in [0.15, 0.2) is 0 Å². The molecule has 0 spiro atoms. The zero-order chi connectivity index (χ0) is 18.4. The highest BCUT2D eigenvalue weighted by Gasteiger charge is 2.09. The highest BCUT2D eigenvalue weighted by Crippen LogP contribution is 2.16. The lowest BCUT2D eigenvalue weighted by Crippen LogP contribution is -2.14. The molecule has 3 aromatic rings. The van der Waals surface area contributed by atoms with E-state index in [1.807, 2.05) is 6.07 Å². The van der Waals surface area contributed by atoms with Crippen LogP contribution in [-0.4, -0.2) is 21.8 Å². The molecule has 3 rings (SSSR count). The van der Waals surface area contributed by atoms with Gasteiger partial charge in [-0.2, -0.15) is 0 Å². The largest absolute Gasteiger partial charge is 0.467 e. The Kier molecular flexibility index (Phi) is 5.23. The summed E-state index contributed by atoms with van der Waals surface area (Å²) in [6.45, 7) is 1.87. The van der Waals surface area contributed by atoms with Gasteiger partial charge in [-0.1, -0.05) is 6.07 Å². The van der Waals surface area contributed by atoms with Crippen molar-refractivity contribution in [3.05, 3.63) is 66.4 Å². The third-order valence-corrected chi connectivity index (χ3v) is 3.36. The lowest BCUT2D eigenvalue weighted by Gasteiger charge is -2.08. The normalized spacial score (nSPS) is 10.2. The fourth-order valence-electron chi connectivity index (χ4n) is 2.20. The van der Waals surface area contributed by atoms with Crippen molar-refractivity contribution in [1.82, 2.24) is 9.97 Å². The van der Waals surface area contributed by atoms with E-state index in [0.717, 1.165) is 5.76 Å². The summed E-state index contributed by atoms with van der Waals surface area (Å²) in [7, 11) is 0. The Morgan fingerprint density at radius 3 is 2.42 bits per heavy atom. The van der Waals surface area contributed by atoms with Crippen LogP contribution in [0.15, 0.2) is 59.5 Å². The molecule has 0 saturated carbocycles. The first-order valence-electron chi connectivity index (χ1n) is 7.87. The maximum Gasteiger partial charge on any atom is 0.258 e. The van der Waals surface area contributed by atoms with Crippen molar-refractivity contribution in [3.63, 3.8) is 0 Å². The van der Waals surface area contributed by atoms with Gasteiger partial charge in [-0.15, -0.1) is 0 Å². The van der Waals surface area contributed by atoms with Gasteiger partial charge in [-0.3, -0.25) is 9.59 Å². The molecule has 0 bridgehead atoms. The van der Waals surface area contributed by atoms with E-state index in [0.29, 0.717) is 29.4 Å². The molecule has 0 atom stereocenters. The van der Waals surface area contributed by atoms with Crippen molar-refractivity contribution >= 4 is 29.1 Å². The minimum atomic E-state index is -0.345. The summed E-state index contributed by atoms with van der Waals surface area (Å²) in [4.78, 5) is 31.6. The average molecular weight is 351 g/mol. The van der Waals surface area contributed by atoms with Crippen molar-refractivity contribution < 1.29 is 14.0 Å². The van der Waals surface area contributed by atoms with E-state index in [4.69, 9.17) is 4.42 Å². The zero-order valence-electron chi connectivity index (χ0n) is 14.0. The molecule has 0 aliphatic rings. The summed E-state index contributed by atoms with van der Waals surface area (Å²) in [5, 5.41) is 8.40.